The predicted octanol–water partition coefficient (Wildman–Crippen LogP) is 2.18. The quantitative estimate of drug-likeness (QED) is 0.499. The molecule has 2 saturated carbocycles. The summed E-state index contributed by atoms with van der Waals surface area (Å²) in [6.45, 7) is 0. The SMILES string of the molecule is O=C1CC2C=CC3CC1CC2C3. The highest BCUT2D eigenvalue weighted by molar-refractivity contribution is 5.82. The molecule has 0 heterocycles. The number of fused-ring (bicyclic) bond motifs is 2. The first kappa shape index (κ1) is 6.88. The van der Waals surface area contributed by atoms with E-state index in [0.717, 1.165) is 24.7 Å². The predicted molar refractivity (Wildman–Crippen MR) is 46.6 cm³/mol. The zero-order valence-corrected chi connectivity index (χ0v) is 7.20. The Hall–Kier alpha value is -0.590. The number of carbonyl (C=O) groups is 1. The third-order valence-corrected chi connectivity index (χ3v) is 3.91. The highest BCUT2D eigenvalue weighted by Gasteiger charge is 2.42. The average molecular weight is 162 g/mol. The smallest absolute Gasteiger partial charge is 0.136 e. The van der Waals surface area contributed by atoms with Crippen molar-refractivity contribution in [1.82, 2.24) is 0 Å². The first-order valence-corrected chi connectivity index (χ1v) is 5.04. The highest BCUT2D eigenvalue weighted by atomic mass is 16.1. The van der Waals surface area contributed by atoms with Gasteiger partial charge in [0.15, 0.2) is 0 Å². The second kappa shape index (κ2) is 2.21. The van der Waals surface area contributed by atoms with Gasteiger partial charge in [-0.25, -0.2) is 0 Å². The number of rotatable bonds is 0. The monoisotopic (exact) mass is 162 g/mol. The minimum atomic E-state index is 0.440. The molecule has 0 N–H and O–H groups in total. The fraction of sp³-hybridized carbons (Fsp3) is 0.727. The first-order chi connectivity index (χ1) is 5.83. The third kappa shape index (κ3) is 0.825. The molecule has 0 aromatic rings. The summed E-state index contributed by atoms with van der Waals surface area (Å²) in [6, 6.07) is 0. The van der Waals surface area contributed by atoms with Crippen LogP contribution in [0.25, 0.3) is 0 Å². The van der Waals surface area contributed by atoms with E-state index in [1.165, 1.54) is 12.8 Å². The summed E-state index contributed by atoms with van der Waals surface area (Å²) in [6.07, 6.45) is 9.23. The van der Waals surface area contributed by atoms with Crippen molar-refractivity contribution >= 4 is 5.78 Å². The van der Waals surface area contributed by atoms with Crippen LogP contribution in [0.3, 0.4) is 0 Å². The van der Waals surface area contributed by atoms with Gasteiger partial charge in [0.1, 0.15) is 5.78 Å². The summed E-state index contributed by atoms with van der Waals surface area (Å²) >= 11 is 0. The van der Waals surface area contributed by atoms with E-state index in [1.54, 1.807) is 0 Å². The summed E-state index contributed by atoms with van der Waals surface area (Å²) in [4.78, 5) is 11.6. The molecular weight excluding hydrogens is 148 g/mol. The lowest BCUT2D eigenvalue weighted by Crippen LogP contribution is -2.39. The Labute approximate surface area is 72.8 Å². The Kier molecular flexibility index (Phi) is 1.27. The van der Waals surface area contributed by atoms with Gasteiger partial charge in [0.2, 0.25) is 0 Å². The van der Waals surface area contributed by atoms with Crippen LogP contribution in [0.15, 0.2) is 12.2 Å². The maximum absolute atomic E-state index is 11.6. The lowest BCUT2D eigenvalue weighted by Gasteiger charge is -2.44. The van der Waals surface area contributed by atoms with E-state index < -0.39 is 0 Å². The Bertz CT molecular complexity index is 254. The van der Waals surface area contributed by atoms with Gasteiger partial charge in [-0.15, -0.1) is 0 Å². The molecule has 3 bridgehead atoms. The Balaban J connectivity index is 2.01. The van der Waals surface area contributed by atoms with Crippen LogP contribution in [-0.4, -0.2) is 5.78 Å². The lowest BCUT2D eigenvalue weighted by molar-refractivity contribution is -0.129. The van der Waals surface area contributed by atoms with Gasteiger partial charge in [-0.2, -0.15) is 0 Å². The molecule has 4 atom stereocenters. The second-order valence-corrected chi connectivity index (χ2v) is 4.64. The van der Waals surface area contributed by atoms with Crippen LogP contribution in [0.1, 0.15) is 25.7 Å². The van der Waals surface area contributed by atoms with Gasteiger partial charge in [0, 0.05) is 12.3 Å². The standard InChI is InChI=1S/C11H14O/c12-11-6-8-2-1-7-3-9(8)5-10(11)4-7/h1-2,7-10H,3-6H2. The van der Waals surface area contributed by atoms with Crippen LogP contribution in [0.4, 0.5) is 0 Å². The molecule has 3 rings (SSSR count). The van der Waals surface area contributed by atoms with Gasteiger partial charge in [0.05, 0.1) is 0 Å². The number of hydrogen-bond acceptors (Lipinski definition) is 1. The molecule has 0 amide bonds. The lowest BCUT2D eigenvalue weighted by atomic mass is 9.60. The first-order valence-electron chi connectivity index (χ1n) is 5.04. The second-order valence-electron chi connectivity index (χ2n) is 4.64. The summed E-state index contributed by atoms with van der Waals surface area (Å²) in [5.41, 5.74) is 0. The number of carbonyl (C=O) groups excluding carboxylic acids is 1. The molecule has 0 radical (unpaired) electrons. The zero-order chi connectivity index (χ0) is 8.13. The van der Waals surface area contributed by atoms with Crippen molar-refractivity contribution in [2.24, 2.45) is 23.7 Å². The minimum Gasteiger partial charge on any atom is -0.299 e. The molecule has 2 fully saturated rings. The van der Waals surface area contributed by atoms with Crippen molar-refractivity contribution in [3.05, 3.63) is 12.2 Å². The van der Waals surface area contributed by atoms with Gasteiger partial charge in [-0.3, -0.25) is 4.79 Å². The average Bonchev–Trinajstić information content (AvgIpc) is 2.07. The van der Waals surface area contributed by atoms with E-state index in [2.05, 4.69) is 12.2 Å². The molecule has 12 heavy (non-hydrogen) atoms. The molecule has 0 saturated heterocycles. The van der Waals surface area contributed by atoms with Crippen molar-refractivity contribution < 1.29 is 4.79 Å². The van der Waals surface area contributed by atoms with Gasteiger partial charge in [0.25, 0.3) is 0 Å². The van der Waals surface area contributed by atoms with Gasteiger partial charge < -0.3 is 0 Å². The van der Waals surface area contributed by atoms with E-state index in [-0.39, 0.29) is 0 Å². The molecule has 1 heteroatoms. The Morgan fingerprint density at radius 1 is 1.17 bits per heavy atom. The van der Waals surface area contributed by atoms with E-state index in [4.69, 9.17) is 0 Å². The Morgan fingerprint density at radius 2 is 2.08 bits per heavy atom. The number of allylic oxidation sites excluding steroid dienone is 2. The molecule has 1 nitrogen and oxygen atoms in total. The fourth-order valence-electron chi connectivity index (χ4n) is 3.27. The molecule has 64 valence electrons. The summed E-state index contributed by atoms with van der Waals surface area (Å²) < 4.78 is 0. The summed E-state index contributed by atoms with van der Waals surface area (Å²) in [5.74, 6) is 3.20. The van der Waals surface area contributed by atoms with E-state index in [0.29, 0.717) is 17.6 Å². The van der Waals surface area contributed by atoms with Gasteiger partial charge in [-0.05, 0) is 37.0 Å². The summed E-state index contributed by atoms with van der Waals surface area (Å²) in [5, 5.41) is 0. The number of Topliss-reactive ketones (excluding diaryl/α,β-unsaturated/α-hetero) is 1. The molecule has 0 aliphatic heterocycles. The van der Waals surface area contributed by atoms with Gasteiger partial charge in [-0.1, -0.05) is 12.2 Å². The molecule has 3 aliphatic carbocycles. The molecule has 0 aromatic carbocycles. The zero-order valence-electron chi connectivity index (χ0n) is 7.20. The van der Waals surface area contributed by atoms with Crippen LogP contribution in [0.5, 0.6) is 0 Å². The molecule has 0 aromatic heterocycles. The Morgan fingerprint density at radius 3 is 3.00 bits per heavy atom. The highest BCUT2D eigenvalue weighted by Crippen LogP contribution is 2.47. The van der Waals surface area contributed by atoms with Crippen molar-refractivity contribution in [3.63, 3.8) is 0 Å². The van der Waals surface area contributed by atoms with Crippen LogP contribution in [0.2, 0.25) is 0 Å². The van der Waals surface area contributed by atoms with Crippen molar-refractivity contribution in [2.75, 3.05) is 0 Å². The van der Waals surface area contributed by atoms with Crippen LogP contribution >= 0.6 is 0 Å². The molecule has 4 unspecified atom stereocenters. The maximum atomic E-state index is 11.6. The van der Waals surface area contributed by atoms with Gasteiger partial charge >= 0.3 is 0 Å². The van der Waals surface area contributed by atoms with E-state index in [1.807, 2.05) is 0 Å². The molecule has 0 spiro atoms. The normalized spacial score (nSPS) is 49.8. The van der Waals surface area contributed by atoms with E-state index in [9.17, 15) is 4.79 Å². The molecule has 3 aliphatic rings. The molecular formula is C11H14O. The van der Waals surface area contributed by atoms with Crippen LogP contribution < -0.4 is 0 Å². The van der Waals surface area contributed by atoms with Crippen molar-refractivity contribution in [3.8, 4) is 0 Å². The number of ketones is 1. The largest absolute Gasteiger partial charge is 0.299 e. The fourth-order valence-corrected chi connectivity index (χ4v) is 3.27. The van der Waals surface area contributed by atoms with Crippen LogP contribution in [0, 0.1) is 23.7 Å². The van der Waals surface area contributed by atoms with Crippen molar-refractivity contribution in [2.45, 2.75) is 25.7 Å². The van der Waals surface area contributed by atoms with Crippen molar-refractivity contribution in [1.29, 1.82) is 0 Å². The van der Waals surface area contributed by atoms with E-state index >= 15 is 0 Å². The number of hydrogen-bond donors (Lipinski definition) is 0. The van der Waals surface area contributed by atoms with Crippen LogP contribution in [-0.2, 0) is 4.79 Å². The minimum absolute atomic E-state index is 0.440. The topological polar surface area (TPSA) is 17.1 Å². The third-order valence-electron chi connectivity index (χ3n) is 3.91. The maximum Gasteiger partial charge on any atom is 0.136 e. The summed E-state index contributed by atoms with van der Waals surface area (Å²) in [7, 11) is 0.